The van der Waals surface area contributed by atoms with Crippen molar-refractivity contribution in [2.24, 2.45) is 0 Å². The van der Waals surface area contributed by atoms with Gasteiger partial charge in [-0.25, -0.2) is 0 Å². The van der Waals surface area contributed by atoms with E-state index in [2.05, 4.69) is 0 Å². The largest absolute Gasteiger partial charge is 0.480 e. The van der Waals surface area contributed by atoms with Crippen LogP contribution >= 0.6 is 0 Å². The second-order valence-electron chi connectivity index (χ2n) is 7.19. The van der Waals surface area contributed by atoms with Gasteiger partial charge in [0.05, 0.1) is 0 Å². The summed E-state index contributed by atoms with van der Waals surface area (Å²) in [6, 6.07) is 6.38. The topological polar surface area (TPSA) is 98.2 Å². The number of carbonyl (C=O) groups is 4. The number of benzene rings is 1. The summed E-state index contributed by atoms with van der Waals surface area (Å²) < 4.78 is 0. The van der Waals surface area contributed by atoms with Gasteiger partial charge in [0.1, 0.15) is 6.54 Å². The number of carboxylic acid groups (broad SMARTS) is 1. The van der Waals surface area contributed by atoms with E-state index < -0.39 is 5.97 Å². The van der Waals surface area contributed by atoms with Crippen molar-refractivity contribution in [1.82, 2.24) is 14.7 Å². The maximum absolute atomic E-state index is 12.8. The van der Waals surface area contributed by atoms with Crippen LogP contribution in [0.4, 0.5) is 0 Å². The van der Waals surface area contributed by atoms with E-state index >= 15 is 0 Å². The molecule has 8 heteroatoms. The minimum Gasteiger partial charge on any atom is -0.480 e. The van der Waals surface area contributed by atoms with Crippen molar-refractivity contribution in [3.8, 4) is 0 Å². The molecule has 1 heterocycles. The molecule has 0 radical (unpaired) electrons. The molecule has 1 unspecified atom stereocenters. The van der Waals surface area contributed by atoms with Gasteiger partial charge < -0.3 is 19.8 Å². The summed E-state index contributed by atoms with van der Waals surface area (Å²) in [5, 5.41) is 9.03. The predicted molar refractivity (Wildman–Crippen MR) is 103 cm³/mol. The Morgan fingerprint density at radius 2 is 1.64 bits per heavy atom. The molecule has 0 spiro atoms. The molecule has 0 bridgehead atoms. The summed E-state index contributed by atoms with van der Waals surface area (Å²) >= 11 is 0. The van der Waals surface area contributed by atoms with Crippen LogP contribution in [0.2, 0.25) is 0 Å². The van der Waals surface area contributed by atoms with Gasteiger partial charge in [-0.1, -0.05) is 0 Å². The van der Waals surface area contributed by atoms with E-state index in [0.717, 1.165) is 0 Å². The number of nitrogens with zero attached hydrogens (tertiary/aromatic N) is 3. The summed E-state index contributed by atoms with van der Waals surface area (Å²) in [5.74, 6) is -1.57. The van der Waals surface area contributed by atoms with Crippen molar-refractivity contribution < 1.29 is 24.3 Å². The van der Waals surface area contributed by atoms with Gasteiger partial charge in [-0.15, -0.1) is 0 Å². The van der Waals surface area contributed by atoms with Crippen LogP contribution in [-0.2, 0) is 9.59 Å². The molecular formula is C20H27N3O5. The van der Waals surface area contributed by atoms with Gasteiger partial charge in [0.2, 0.25) is 5.91 Å². The summed E-state index contributed by atoms with van der Waals surface area (Å²) in [7, 11) is 3.34. The Morgan fingerprint density at radius 3 is 2.18 bits per heavy atom. The number of carbonyl (C=O) groups excluding carboxylic acids is 3. The van der Waals surface area contributed by atoms with Crippen molar-refractivity contribution in [3.05, 3.63) is 35.4 Å². The van der Waals surface area contributed by atoms with Crippen LogP contribution in [0, 0.1) is 0 Å². The first-order chi connectivity index (χ1) is 13.2. The summed E-state index contributed by atoms with van der Waals surface area (Å²) in [4.78, 5) is 52.2. The lowest BCUT2D eigenvalue weighted by Gasteiger charge is -2.28. The van der Waals surface area contributed by atoms with Crippen molar-refractivity contribution in [2.45, 2.75) is 32.2 Å². The fraction of sp³-hybridized carbons (Fsp3) is 0.500. The molecule has 8 nitrogen and oxygen atoms in total. The molecule has 0 saturated carbocycles. The molecule has 2 rings (SSSR count). The zero-order chi connectivity index (χ0) is 20.8. The molecule has 1 fully saturated rings. The Balaban J connectivity index is 2.05. The highest BCUT2D eigenvalue weighted by molar-refractivity contribution is 5.97. The lowest BCUT2D eigenvalue weighted by atomic mass is 10.1. The Bertz CT molecular complexity index is 745. The standard InChI is InChI=1S/C20H27N3O5/c1-14(24)23(13-18(25)26)17-5-4-11-22(12-10-17)20(28)16-8-6-15(7-9-16)19(27)21(2)3/h6-9,17H,4-5,10-13H2,1-3H3,(H,25,26). The van der Waals surface area contributed by atoms with Gasteiger partial charge >= 0.3 is 5.97 Å². The molecule has 0 aromatic heterocycles. The third kappa shape index (κ3) is 5.31. The molecule has 0 aliphatic carbocycles. The summed E-state index contributed by atoms with van der Waals surface area (Å²) in [6.45, 7) is 2.04. The highest BCUT2D eigenvalue weighted by Crippen LogP contribution is 2.19. The molecule has 152 valence electrons. The fourth-order valence-electron chi connectivity index (χ4n) is 3.43. The maximum atomic E-state index is 12.8. The first-order valence-corrected chi connectivity index (χ1v) is 9.30. The van der Waals surface area contributed by atoms with Gasteiger partial charge in [0.15, 0.2) is 0 Å². The van der Waals surface area contributed by atoms with Gasteiger partial charge in [-0.2, -0.15) is 0 Å². The van der Waals surface area contributed by atoms with Crippen LogP contribution in [0.1, 0.15) is 46.9 Å². The van der Waals surface area contributed by atoms with Crippen molar-refractivity contribution in [1.29, 1.82) is 0 Å². The quantitative estimate of drug-likeness (QED) is 0.819. The van der Waals surface area contributed by atoms with Crippen LogP contribution in [0.25, 0.3) is 0 Å². The van der Waals surface area contributed by atoms with E-state index in [-0.39, 0.29) is 30.3 Å². The number of aliphatic carboxylic acids is 1. The minimum atomic E-state index is -1.04. The van der Waals surface area contributed by atoms with E-state index in [1.54, 1.807) is 43.3 Å². The van der Waals surface area contributed by atoms with Gasteiger partial charge in [0, 0.05) is 51.3 Å². The first-order valence-electron chi connectivity index (χ1n) is 9.30. The van der Waals surface area contributed by atoms with E-state index in [1.807, 2.05) is 0 Å². The maximum Gasteiger partial charge on any atom is 0.323 e. The number of hydrogen-bond acceptors (Lipinski definition) is 4. The monoisotopic (exact) mass is 389 g/mol. The van der Waals surface area contributed by atoms with E-state index in [1.165, 1.54) is 16.7 Å². The molecule has 1 N–H and O–H groups in total. The molecule has 1 aromatic rings. The molecule has 1 aliphatic rings. The second kappa shape index (κ2) is 9.34. The number of likely N-dealkylation sites (tertiary alicyclic amines) is 1. The van der Waals surface area contributed by atoms with Crippen molar-refractivity contribution in [2.75, 3.05) is 33.7 Å². The molecule has 28 heavy (non-hydrogen) atoms. The summed E-state index contributed by atoms with van der Waals surface area (Å²) in [6.07, 6.45) is 1.89. The molecule has 1 aliphatic heterocycles. The SMILES string of the molecule is CC(=O)N(CC(=O)O)C1CCCN(C(=O)c2ccc(C(=O)N(C)C)cc2)CC1. The first kappa shape index (κ1) is 21.4. The average molecular weight is 389 g/mol. The minimum absolute atomic E-state index is 0.126. The van der Waals surface area contributed by atoms with E-state index in [4.69, 9.17) is 5.11 Å². The van der Waals surface area contributed by atoms with Gasteiger partial charge in [-0.05, 0) is 43.5 Å². The smallest absolute Gasteiger partial charge is 0.323 e. The average Bonchev–Trinajstić information content (AvgIpc) is 2.90. The number of rotatable bonds is 5. The number of amides is 3. The van der Waals surface area contributed by atoms with Crippen LogP contribution in [0.3, 0.4) is 0 Å². The highest BCUT2D eigenvalue weighted by atomic mass is 16.4. The van der Waals surface area contributed by atoms with Crippen LogP contribution < -0.4 is 0 Å². The third-order valence-electron chi connectivity index (χ3n) is 4.92. The normalized spacial score (nSPS) is 16.8. The lowest BCUT2D eigenvalue weighted by Crippen LogP contribution is -2.43. The molecule has 3 amide bonds. The molecular weight excluding hydrogens is 362 g/mol. The van der Waals surface area contributed by atoms with Crippen LogP contribution in [0.5, 0.6) is 0 Å². The third-order valence-corrected chi connectivity index (χ3v) is 4.92. The Hall–Kier alpha value is -2.90. The van der Waals surface area contributed by atoms with Gasteiger partial charge in [-0.3, -0.25) is 19.2 Å². The van der Waals surface area contributed by atoms with E-state index in [0.29, 0.717) is 43.5 Å². The van der Waals surface area contributed by atoms with Gasteiger partial charge in [0.25, 0.3) is 11.8 Å². The summed E-state index contributed by atoms with van der Waals surface area (Å²) in [5.41, 5.74) is 1.02. The Kier molecular flexibility index (Phi) is 7.14. The highest BCUT2D eigenvalue weighted by Gasteiger charge is 2.28. The molecule has 1 saturated heterocycles. The molecule has 1 aromatic carbocycles. The van der Waals surface area contributed by atoms with Crippen molar-refractivity contribution >= 4 is 23.7 Å². The zero-order valence-corrected chi connectivity index (χ0v) is 16.6. The molecule has 1 atom stereocenters. The second-order valence-corrected chi connectivity index (χ2v) is 7.19. The van der Waals surface area contributed by atoms with Crippen LogP contribution in [-0.4, -0.2) is 83.3 Å². The zero-order valence-electron chi connectivity index (χ0n) is 16.6. The fourth-order valence-corrected chi connectivity index (χ4v) is 3.43. The van der Waals surface area contributed by atoms with Crippen molar-refractivity contribution in [3.63, 3.8) is 0 Å². The Labute approximate surface area is 164 Å². The van der Waals surface area contributed by atoms with E-state index in [9.17, 15) is 19.2 Å². The predicted octanol–water partition coefficient (Wildman–Crippen LogP) is 1.32. The van der Waals surface area contributed by atoms with Crippen LogP contribution in [0.15, 0.2) is 24.3 Å². The number of carboxylic acids is 1. The Morgan fingerprint density at radius 1 is 1.04 bits per heavy atom. The number of hydrogen-bond donors (Lipinski definition) is 1. The lowest BCUT2D eigenvalue weighted by molar-refractivity contribution is -0.145.